The Morgan fingerprint density at radius 3 is 2.74 bits per heavy atom. The summed E-state index contributed by atoms with van der Waals surface area (Å²) in [6.07, 6.45) is 1.67. The molecule has 1 aliphatic heterocycles. The van der Waals surface area contributed by atoms with Crippen molar-refractivity contribution in [3.63, 3.8) is 0 Å². The molecule has 3 rings (SSSR count). The number of carbonyl (C=O) groups excluding carboxylic acids is 2. The number of amides is 1. The summed E-state index contributed by atoms with van der Waals surface area (Å²) in [5, 5.41) is 6.08. The quantitative estimate of drug-likeness (QED) is 0.714. The van der Waals surface area contributed by atoms with Crippen LogP contribution in [-0.4, -0.2) is 29.9 Å². The van der Waals surface area contributed by atoms with Gasteiger partial charge in [-0.1, -0.05) is 42.5 Å². The van der Waals surface area contributed by atoms with E-state index in [0.717, 1.165) is 17.0 Å². The molecule has 1 heterocycles. The van der Waals surface area contributed by atoms with Crippen molar-refractivity contribution in [3.05, 3.63) is 60.2 Å². The molecule has 2 atom stereocenters. The number of para-hydroxylation sites is 1. The standard InChI is InChI=1S/C21H24N2O3S/c1-2-26-21(25)17(13-12-15-8-4-3-5-9-15)23-20-14-19(24)22-16-10-6-7-11-18(16)27-20/h3-11,17,20,23H,2,12-14H2,1H3,(H,22,24)/t17-,20?/m0/s1. The maximum absolute atomic E-state index is 12.5. The molecule has 0 radical (unpaired) electrons. The van der Waals surface area contributed by atoms with Crippen LogP contribution in [0.3, 0.4) is 0 Å². The van der Waals surface area contributed by atoms with Crippen molar-refractivity contribution >= 4 is 29.3 Å². The predicted octanol–water partition coefficient (Wildman–Crippen LogP) is 3.60. The summed E-state index contributed by atoms with van der Waals surface area (Å²) in [5.41, 5.74) is 1.99. The largest absolute Gasteiger partial charge is 0.465 e. The molecule has 1 amide bonds. The van der Waals surface area contributed by atoms with Crippen molar-refractivity contribution in [2.45, 2.75) is 42.5 Å². The lowest BCUT2D eigenvalue weighted by Gasteiger charge is -2.23. The van der Waals surface area contributed by atoms with Crippen LogP contribution in [0, 0.1) is 0 Å². The van der Waals surface area contributed by atoms with E-state index in [1.807, 2.05) is 54.6 Å². The molecule has 0 aliphatic carbocycles. The van der Waals surface area contributed by atoms with E-state index in [9.17, 15) is 9.59 Å². The van der Waals surface area contributed by atoms with Gasteiger partial charge in [0.2, 0.25) is 5.91 Å². The fourth-order valence-corrected chi connectivity index (χ4v) is 4.20. The van der Waals surface area contributed by atoms with E-state index in [-0.39, 0.29) is 17.3 Å². The molecule has 0 saturated carbocycles. The molecule has 27 heavy (non-hydrogen) atoms. The number of esters is 1. The van der Waals surface area contributed by atoms with E-state index in [1.54, 1.807) is 18.7 Å². The van der Waals surface area contributed by atoms with Gasteiger partial charge in [-0.05, 0) is 37.5 Å². The Morgan fingerprint density at radius 2 is 1.96 bits per heavy atom. The summed E-state index contributed by atoms with van der Waals surface area (Å²) in [7, 11) is 0. The van der Waals surface area contributed by atoms with E-state index in [4.69, 9.17) is 4.74 Å². The molecule has 2 aromatic rings. The molecule has 0 saturated heterocycles. The first kappa shape index (κ1) is 19.5. The molecule has 0 spiro atoms. The van der Waals surface area contributed by atoms with Crippen LogP contribution in [-0.2, 0) is 20.7 Å². The summed E-state index contributed by atoms with van der Waals surface area (Å²) >= 11 is 1.56. The molecule has 0 aromatic heterocycles. The van der Waals surface area contributed by atoms with Gasteiger partial charge in [0.25, 0.3) is 0 Å². The van der Waals surface area contributed by atoms with Crippen LogP contribution < -0.4 is 10.6 Å². The minimum absolute atomic E-state index is 0.0596. The Balaban J connectivity index is 1.70. The van der Waals surface area contributed by atoms with Crippen molar-refractivity contribution < 1.29 is 14.3 Å². The highest BCUT2D eigenvalue weighted by Crippen LogP contribution is 2.34. The molecule has 1 aliphatic rings. The highest BCUT2D eigenvalue weighted by atomic mass is 32.2. The number of hydrogen-bond donors (Lipinski definition) is 2. The second kappa shape index (κ2) is 9.58. The maximum atomic E-state index is 12.5. The Bertz CT molecular complexity index is 782. The van der Waals surface area contributed by atoms with Crippen molar-refractivity contribution in [1.82, 2.24) is 5.32 Å². The second-order valence-electron chi connectivity index (χ2n) is 6.35. The monoisotopic (exact) mass is 384 g/mol. The Hall–Kier alpha value is -2.31. The second-order valence-corrected chi connectivity index (χ2v) is 7.60. The number of anilines is 1. The van der Waals surface area contributed by atoms with Crippen LogP contribution in [0.2, 0.25) is 0 Å². The van der Waals surface area contributed by atoms with E-state index < -0.39 is 6.04 Å². The van der Waals surface area contributed by atoms with E-state index >= 15 is 0 Å². The number of ether oxygens (including phenoxy) is 1. The van der Waals surface area contributed by atoms with Gasteiger partial charge in [0, 0.05) is 4.90 Å². The average molecular weight is 385 g/mol. The Labute approximate surface area is 163 Å². The lowest BCUT2D eigenvalue weighted by Crippen LogP contribution is -2.44. The van der Waals surface area contributed by atoms with Crippen LogP contribution in [0.4, 0.5) is 5.69 Å². The lowest BCUT2D eigenvalue weighted by atomic mass is 10.1. The highest BCUT2D eigenvalue weighted by Gasteiger charge is 2.28. The minimum Gasteiger partial charge on any atom is -0.465 e. The predicted molar refractivity (Wildman–Crippen MR) is 108 cm³/mol. The van der Waals surface area contributed by atoms with Gasteiger partial charge in [0.1, 0.15) is 6.04 Å². The van der Waals surface area contributed by atoms with Crippen molar-refractivity contribution in [3.8, 4) is 0 Å². The van der Waals surface area contributed by atoms with Gasteiger partial charge in [0.05, 0.1) is 24.1 Å². The van der Waals surface area contributed by atoms with Crippen molar-refractivity contribution in [1.29, 1.82) is 0 Å². The number of fused-ring (bicyclic) bond motifs is 1. The van der Waals surface area contributed by atoms with Crippen LogP contribution in [0.25, 0.3) is 0 Å². The number of benzene rings is 2. The first-order valence-corrected chi connectivity index (χ1v) is 10.1. The molecule has 5 nitrogen and oxygen atoms in total. The van der Waals surface area contributed by atoms with Crippen LogP contribution in [0.5, 0.6) is 0 Å². The molecule has 6 heteroatoms. The fourth-order valence-electron chi connectivity index (χ4n) is 3.02. The van der Waals surface area contributed by atoms with Crippen LogP contribution in [0.1, 0.15) is 25.3 Å². The number of thioether (sulfide) groups is 1. The molecule has 0 bridgehead atoms. The summed E-state index contributed by atoms with van der Waals surface area (Å²) in [5.74, 6) is -0.331. The third kappa shape index (κ3) is 5.58. The van der Waals surface area contributed by atoms with E-state index in [1.165, 1.54) is 5.56 Å². The Morgan fingerprint density at radius 1 is 1.22 bits per heavy atom. The lowest BCUT2D eigenvalue weighted by molar-refractivity contribution is -0.146. The number of hydrogen-bond acceptors (Lipinski definition) is 5. The van der Waals surface area contributed by atoms with E-state index in [2.05, 4.69) is 10.6 Å². The van der Waals surface area contributed by atoms with Gasteiger partial charge in [-0.3, -0.25) is 14.9 Å². The molecular formula is C21H24N2O3S. The zero-order valence-electron chi connectivity index (χ0n) is 15.3. The maximum Gasteiger partial charge on any atom is 0.323 e. The number of carbonyl (C=O) groups is 2. The number of nitrogens with one attached hydrogen (secondary N) is 2. The topological polar surface area (TPSA) is 67.4 Å². The van der Waals surface area contributed by atoms with Crippen LogP contribution in [0.15, 0.2) is 59.5 Å². The molecule has 142 valence electrons. The molecule has 2 aromatic carbocycles. The van der Waals surface area contributed by atoms with Gasteiger partial charge in [-0.25, -0.2) is 0 Å². The van der Waals surface area contributed by atoms with Crippen molar-refractivity contribution in [2.24, 2.45) is 0 Å². The smallest absolute Gasteiger partial charge is 0.323 e. The van der Waals surface area contributed by atoms with Gasteiger partial charge in [-0.15, -0.1) is 11.8 Å². The summed E-state index contributed by atoms with van der Waals surface area (Å²) in [6, 6.07) is 17.3. The first-order valence-electron chi connectivity index (χ1n) is 9.18. The summed E-state index contributed by atoms with van der Waals surface area (Å²) < 4.78 is 5.25. The third-order valence-electron chi connectivity index (χ3n) is 4.32. The van der Waals surface area contributed by atoms with Gasteiger partial charge in [0.15, 0.2) is 0 Å². The molecule has 0 fully saturated rings. The summed E-state index contributed by atoms with van der Waals surface area (Å²) in [4.78, 5) is 25.7. The number of aryl methyl sites for hydroxylation is 1. The fraction of sp³-hybridized carbons (Fsp3) is 0.333. The zero-order valence-corrected chi connectivity index (χ0v) is 16.1. The van der Waals surface area contributed by atoms with Gasteiger partial charge < -0.3 is 10.1 Å². The SMILES string of the molecule is CCOC(=O)[C@H](CCc1ccccc1)NC1CC(=O)Nc2ccccc2S1. The Kier molecular flexibility index (Phi) is 6.90. The molecular weight excluding hydrogens is 360 g/mol. The normalized spacial score (nSPS) is 17.4. The first-order chi connectivity index (χ1) is 13.2. The van der Waals surface area contributed by atoms with Crippen LogP contribution >= 0.6 is 11.8 Å². The summed E-state index contributed by atoms with van der Waals surface area (Å²) in [6.45, 7) is 2.14. The van der Waals surface area contributed by atoms with Gasteiger partial charge in [-0.2, -0.15) is 0 Å². The van der Waals surface area contributed by atoms with Crippen molar-refractivity contribution in [2.75, 3.05) is 11.9 Å². The molecule has 2 N–H and O–H groups in total. The highest BCUT2D eigenvalue weighted by molar-refractivity contribution is 8.00. The third-order valence-corrected chi connectivity index (χ3v) is 5.52. The van der Waals surface area contributed by atoms with E-state index in [0.29, 0.717) is 19.4 Å². The molecule has 1 unspecified atom stereocenters. The average Bonchev–Trinajstić information content (AvgIpc) is 2.83. The number of rotatable bonds is 7. The minimum atomic E-state index is -0.458. The van der Waals surface area contributed by atoms with Gasteiger partial charge >= 0.3 is 5.97 Å². The zero-order chi connectivity index (χ0) is 19.1.